The SMILES string of the molecule is CNCCn1cnc2c1ccc[n+]2CC1=C(C(=O)[O-])N2C(=O)C(NC(=O)/C(=N\OC(C)(C)C(=O)O)c3nc(N)sc3Cl)C2SC1. The van der Waals surface area contributed by atoms with Crippen molar-refractivity contribution in [2.45, 2.75) is 44.0 Å². The number of hydrogen-bond acceptors (Lipinski definition) is 13. The van der Waals surface area contributed by atoms with Crippen molar-refractivity contribution in [1.82, 2.24) is 30.1 Å². The predicted octanol–water partition coefficient (Wildman–Crippen LogP) is -1.08. The fourth-order valence-electron chi connectivity index (χ4n) is 4.68. The molecule has 19 heteroatoms. The summed E-state index contributed by atoms with van der Waals surface area (Å²) < 4.78 is 3.77. The number of pyridine rings is 1. The molecule has 5 rings (SSSR count). The summed E-state index contributed by atoms with van der Waals surface area (Å²) in [6.45, 7) is 4.00. The zero-order valence-corrected chi connectivity index (χ0v) is 26.5. The van der Waals surface area contributed by atoms with Gasteiger partial charge in [0.15, 0.2) is 10.8 Å². The lowest BCUT2D eigenvalue weighted by Crippen LogP contribution is -2.71. The van der Waals surface area contributed by atoms with E-state index in [9.17, 15) is 29.4 Å². The summed E-state index contributed by atoms with van der Waals surface area (Å²) in [7, 11) is 1.85. The van der Waals surface area contributed by atoms with Gasteiger partial charge in [-0.3, -0.25) is 14.5 Å². The summed E-state index contributed by atoms with van der Waals surface area (Å²) in [6.07, 6.45) is 3.49. The van der Waals surface area contributed by atoms with E-state index in [1.165, 1.54) is 25.6 Å². The molecule has 45 heavy (non-hydrogen) atoms. The first-order chi connectivity index (χ1) is 21.3. The summed E-state index contributed by atoms with van der Waals surface area (Å²) in [5, 5.41) is 30.3. The van der Waals surface area contributed by atoms with E-state index in [4.69, 9.17) is 22.2 Å². The molecule has 2 aliphatic heterocycles. The maximum Gasteiger partial charge on any atom is 0.350 e. The first kappa shape index (κ1) is 32.1. The Morgan fingerprint density at radius 3 is 2.78 bits per heavy atom. The van der Waals surface area contributed by atoms with Crippen LogP contribution in [0.25, 0.3) is 11.2 Å². The molecule has 5 N–H and O–H groups in total. The number of thiazole rings is 1. The minimum absolute atomic E-state index is 0.0105. The minimum atomic E-state index is -1.82. The number of nitrogens with zero attached hydrogens (tertiary/aromatic N) is 6. The van der Waals surface area contributed by atoms with Crippen LogP contribution in [0.2, 0.25) is 4.34 Å². The average molecular weight is 678 g/mol. The number of thioether (sulfide) groups is 1. The number of fused-ring (bicyclic) bond motifs is 2. The number of carbonyl (C=O) groups is 4. The highest BCUT2D eigenvalue weighted by molar-refractivity contribution is 8.00. The third-order valence-electron chi connectivity index (χ3n) is 7.06. The number of aliphatic carboxylic acids is 2. The highest BCUT2D eigenvalue weighted by atomic mass is 35.5. The van der Waals surface area contributed by atoms with Crippen LogP contribution in [-0.4, -0.2) is 90.4 Å². The van der Waals surface area contributed by atoms with Crippen LogP contribution in [-0.2, 0) is 37.1 Å². The number of carbonyl (C=O) groups excluding carboxylic acids is 3. The second-order valence-electron chi connectivity index (χ2n) is 10.5. The Hall–Kier alpha value is -4.26. The maximum atomic E-state index is 13.4. The summed E-state index contributed by atoms with van der Waals surface area (Å²) in [6, 6.07) is 2.60. The lowest BCUT2D eigenvalue weighted by atomic mass is 10.0. The monoisotopic (exact) mass is 677 g/mol. The van der Waals surface area contributed by atoms with Gasteiger partial charge in [-0.15, -0.1) is 11.8 Å². The van der Waals surface area contributed by atoms with E-state index in [1.807, 2.05) is 23.7 Å². The van der Waals surface area contributed by atoms with Crippen LogP contribution < -0.4 is 26.0 Å². The number of amides is 2. The van der Waals surface area contributed by atoms with Crippen LogP contribution in [0.15, 0.2) is 41.1 Å². The molecule has 2 aliphatic rings. The largest absolute Gasteiger partial charge is 0.543 e. The molecule has 0 saturated carbocycles. The van der Waals surface area contributed by atoms with E-state index in [0.717, 1.165) is 28.3 Å². The minimum Gasteiger partial charge on any atom is -0.543 e. The molecule has 0 aliphatic carbocycles. The van der Waals surface area contributed by atoms with Crippen molar-refractivity contribution >= 4 is 80.5 Å². The fourth-order valence-corrected chi connectivity index (χ4v) is 6.95. The molecule has 5 heterocycles. The Morgan fingerprint density at radius 1 is 1.38 bits per heavy atom. The Bertz CT molecular complexity index is 1770. The van der Waals surface area contributed by atoms with Crippen LogP contribution in [0.5, 0.6) is 0 Å². The van der Waals surface area contributed by atoms with Crippen molar-refractivity contribution in [3.05, 3.63) is 46.0 Å². The van der Waals surface area contributed by atoms with Crippen LogP contribution >= 0.6 is 34.7 Å². The fraction of sp³-hybridized carbons (Fsp3) is 0.385. The predicted molar refractivity (Wildman–Crippen MR) is 162 cm³/mol. The van der Waals surface area contributed by atoms with Gasteiger partial charge < -0.3 is 40.8 Å². The number of anilines is 1. The van der Waals surface area contributed by atoms with Crippen LogP contribution in [0.1, 0.15) is 19.5 Å². The third-order valence-corrected chi connectivity index (χ3v) is 9.49. The van der Waals surface area contributed by atoms with E-state index in [2.05, 4.69) is 25.8 Å². The number of likely N-dealkylation sites (N-methyl/N-ethyl adjacent to an activating group) is 1. The first-order valence-corrected chi connectivity index (χ1v) is 15.7. The van der Waals surface area contributed by atoms with Gasteiger partial charge in [-0.05, 0) is 38.0 Å². The van der Waals surface area contributed by atoms with Crippen molar-refractivity contribution < 1.29 is 38.8 Å². The zero-order valence-electron chi connectivity index (χ0n) is 24.1. The number of halogens is 1. The smallest absolute Gasteiger partial charge is 0.350 e. The number of rotatable bonds is 12. The molecular formula is C26H28ClN9O7S2. The summed E-state index contributed by atoms with van der Waals surface area (Å²) >= 11 is 8.30. The first-order valence-electron chi connectivity index (χ1n) is 13.4. The number of nitrogens with two attached hydrogens (primary N) is 1. The molecule has 0 aromatic carbocycles. The number of nitrogens with one attached hydrogen (secondary N) is 2. The van der Waals surface area contributed by atoms with E-state index in [0.29, 0.717) is 17.8 Å². The lowest BCUT2D eigenvalue weighted by molar-refractivity contribution is -0.664. The summed E-state index contributed by atoms with van der Waals surface area (Å²) in [5.74, 6) is -4.31. The Kier molecular flexibility index (Phi) is 9.02. The van der Waals surface area contributed by atoms with E-state index < -0.39 is 46.5 Å². The number of oxime groups is 1. The van der Waals surface area contributed by atoms with Gasteiger partial charge in [-0.1, -0.05) is 28.1 Å². The molecule has 2 atom stereocenters. The quantitative estimate of drug-likeness (QED) is 0.0779. The van der Waals surface area contributed by atoms with Gasteiger partial charge in [0.1, 0.15) is 33.5 Å². The molecule has 2 unspecified atom stereocenters. The van der Waals surface area contributed by atoms with Crippen molar-refractivity contribution in [2.24, 2.45) is 5.16 Å². The maximum absolute atomic E-state index is 13.4. The van der Waals surface area contributed by atoms with Crippen LogP contribution in [0, 0.1) is 0 Å². The topological polar surface area (TPSA) is 221 Å². The summed E-state index contributed by atoms with van der Waals surface area (Å²) in [5.41, 5.74) is 4.89. The highest BCUT2D eigenvalue weighted by Crippen LogP contribution is 2.40. The van der Waals surface area contributed by atoms with Crippen molar-refractivity contribution in [1.29, 1.82) is 0 Å². The number of hydrogen-bond donors (Lipinski definition) is 4. The molecule has 0 radical (unpaired) electrons. The summed E-state index contributed by atoms with van der Waals surface area (Å²) in [4.78, 5) is 65.3. The number of carboxylic acids is 2. The molecule has 3 aromatic rings. The Morgan fingerprint density at radius 2 is 2.13 bits per heavy atom. The van der Waals surface area contributed by atoms with E-state index in [1.54, 1.807) is 17.1 Å². The molecule has 0 spiro atoms. The van der Waals surface area contributed by atoms with E-state index >= 15 is 0 Å². The number of aromatic nitrogens is 4. The Labute approximate surface area is 268 Å². The number of carboxylic acid groups (broad SMARTS) is 2. The zero-order chi connectivity index (χ0) is 32.6. The van der Waals surface area contributed by atoms with Crippen molar-refractivity contribution in [3.63, 3.8) is 0 Å². The molecule has 2 amide bonds. The molecular weight excluding hydrogens is 650 g/mol. The standard InChI is InChI=1S/C26H28ClN9O7S2/c1-26(2,24(41)42)43-33-15(14-18(27)45-25(28)32-14)20(37)31-16-21(38)36-17(23(39)40)12(10-44-22(16)36)9-34-7-4-5-13-19(34)30-11-35(13)8-6-29-3/h4-5,7,11,16,22,29H,6,8-10H2,1-3H3,(H4-,28,31,32,37,39,40,41,42)/b33-15-. The van der Waals surface area contributed by atoms with Crippen LogP contribution in [0.3, 0.4) is 0 Å². The van der Waals surface area contributed by atoms with Gasteiger partial charge in [-0.2, -0.15) is 0 Å². The lowest BCUT2D eigenvalue weighted by Gasteiger charge is -2.50. The van der Waals surface area contributed by atoms with E-state index in [-0.39, 0.29) is 33.2 Å². The van der Waals surface area contributed by atoms with Crippen molar-refractivity contribution in [2.75, 3.05) is 25.1 Å². The highest BCUT2D eigenvalue weighted by Gasteiger charge is 2.53. The van der Waals surface area contributed by atoms with Gasteiger partial charge in [-0.25, -0.2) is 14.3 Å². The molecule has 238 valence electrons. The average Bonchev–Trinajstić information content (AvgIpc) is 3.56. The molecule has 1 fully saturated rings. The van der Waals surface area contributed by atoms with Crippen molar-refractivity contribution in [3.8, 4) is 0 Å². The van der Waals surface area contributed by atoms with Gasteiger partial charge in [0.05, 0.1) is 17.9 Å². The molecule has 3 aromatic heterocycles. The third kappa shape index (κ3) is 6.18. The normalized spacial score (nSPS) is 18.5. The van der Waals surface area contributed by atoms with Gasteiger partial charge in [0.2, 0.25) is 11.9 Å². The van der Waals surface area contributed by atoms with Crippen LogP contribution in [0.4, 0.5) is 5.13 Å². The van der Waals surface area contributed by atoms with Gasteiger partial charge >= 0.3 is 11.6 Å². The number of β-lactam (4-membered cyclic amide) rings is 1. The van der Waals surface area contributed by atoms with Gasteiger partial charge in [0.25, 0.3) is 11.8 Å². The second-order valence-corrected chi connectivity index (χ2v) is 13.2. The molecule has 1 saturated heterocycles. The number of imidazole rings is 1. The Balaban J connectivity index is 1.39. The molecule has 16 nitrogen and oxygen atoms in total. The molecule has 0 bridgehead atoms. The second kappa shape index (κ2) is 12.6. The van der Waals surface area contributed by atoms with Gasteiger partial charge in [0, 0.05) is 24.4 Å². The number of nitrogen functional groups attached to an aromatic ring is 1.